The van der Waals surface area contributed by atoms with Gasteiger partial charge in [0.25, 0.3) is 0 Å². The van der Waals surface area contributed by atoms with Crippen molar-refractivity contribution in [2.45, 2.75) is 37.3 Å². The molecule has 2 aliphatic rings. The summed E-state index contributed by atoms with van der Waals surface area (Å²) < 4.78 is 5.60. The number of aromatic amines is 1. The van der Waals surface area contributed by atoms with Crippen molar-refractivity contribution >= 4 is 18.0 Å². The quantitative estimate of drug-likeness (QED) is 0.280. The van der Waals surface area contributed by atoms with E-state index in [9.17, 15) is 19.5 Å². The first-order valence-corrected chi connectivity index (χ1v) is 13.7. The van der Waals surface area contributed by atoms with E-state index in [1.807, 2.05) is 78.9 Å². The summed E-state index contributed by atoms with van der Waals surface area (Å²) in [7, 11) is 0. The van der Waals surface area contributed by atoms with E-state index in [0.717, 1.165) is 39.9 Å². The van der Waals surface area contributed by atoms with Crippen LogP contribution >= 0.6 is 0 Å². The van der Waals surface area contributed by atoms with E-state index in [-0.39, 0.29) is 18.6 Å². The topological polar surface area (TPSA) is 125 Å². The second kappa shape index (κ2) is 11.3. The molecule has 0 saturated carbocycles. The minimum atomic E-state index is -1.27. The normalized spacial score (nSPS) is 16.6. The Morgan fingerprint density at radius 3 is 2.32 bits per heavy atom. The van der Waals surface area contributed by atoms with Crippen LogP contribution in [0.2, 0.25) is 0 Å². The predicted octanol–water partition coefficient (Wildman–Crippen LogP) is 5.12. The molecule has 3 N–H and O–H groups in total. The van der Waals surface area contributed by atoms with E-state index in [4.69, 9.17) is 4.74 Å². The van der Waals surface area contributed by atoms with Gasteiger partial charge in [-0.3, -0.25) is 9.59 Å². The highest BCUT2D eigenvalue weighted by molar-refractivity contribution is 5.89. The third-order valence-corrected chi connectivity index (χ3v) is 7.84. The number of fused-ring (bicyclic) bond motifs is 3. The molecule has 4 aromatic rings. The zero-order valence-corrected chi connectivity index (χ0v) is 22.3. The molecule has 1 aromatic heterocycles. The van der Waals surface area contributed by atoms with Crippen LogP contribution in [0, 0.1) is 0 Å². The summed E-state index contributed by atoms with van der Waals surface area (Å²) in [6.07, 6.45) is 1.77. The van der Waals surface area contributed by atoms with Crippen LogP contribution in [0.25, 0.3) is 22.4 Å². The van der Waals surface area contributed by atoms with Gasteiger partial charge in [0, 0.05) is 12.5 Å². The largest absolute Gasteiger partial charge is 0.481 e. The van der Waals surface area contributed by atoms with Crippen molar-refractivity contribution in [1.82, 2.24) is 20.2 Å². The fourth-order valence-electron chi connectivity index (χ4n) is 5.94. The Balaban J connectivity index is 1.14. The summed E-state index contributed by atoms with van der Waals surface area (Å²) in [5, 5.41) is 12.1. The van der Waals surface area contributed by atoms with Gasteiger partial charge >= 0.3 is 12.1 Å². The number of ether oxygens (including phenoxy) is 1. The number of hydrogen-bond acceptors (Lipinski definition) is 5. The third kappa shape index (κ3) is 5.30. The molecule has 6 rings (SSSR count). The highest BCUT2D eigenvalue weighted by Crippen LogP contribution is 2.44. The van der Waals surface area contributed by atoms with Crippen LogP contribution in [0.4, 0.5) is 4.79 Å². The van der Waals surface area contributed by atoms with Gasteiger partial charge in [0.2, 0.25) is 5.91 Å². The smallest absolute Gasteiger partial charge is 0.407 e. The molecule has 1 aliphatic carbocycles. The maximum Gasteiger partial charge on any atom is 0.407 e. The molecule has 9 heteroatoms. The maximum absolute atomic E-state index is 13.6. The van der Waals surface area contributed by atoms with E-state index in [0.29, 0.717) is 18.8 Å². The van der Waals surface area contributed by atoms with E-state index >= 15 is 0 Å². The van der Waals surface area contributed by atoms with Crippen molar-refractivity contribution < 1.29 is 24.2 Å². The van der Waals surface area contributed by atoms with Crippen LogP contribution in [0.3, 0.4) is 0 Å². The van der Waals surface area contributed by atoms with Gasteiger partial charge in [-0.15, -0.1) is 0 Å². The number of likely N-dealkylation sites (tertiary alicyclic amines) is 1. The number of benzene rings is 3. The number of imidazole rings is 1. The van der Waals surface area contributed by atoms with Crippen LogP contribution in [0.1, 0.15) is 48.2 Å². The number of rotatable bonds is 8. The lowest BCUT2D eigenvalue weighted by molar-refractivity contribution is -0.143. The van der Waals surface area contributed by atoms with E-state index in [2.05, 4.69) is 15.3 Å². The summed E-state index contributed by atoms with van der Waals surface area (Å²) in [5.74, 6) is -1.18. The number of hydrogen-bond donors (Lipinski definition) is 3. The van der Waals surface area contributed by atoms with Crippen molar-refractivity contribution in [2.24, 2.45) is 0 Å². The van der Waals surface area contributed by atoms with Gasteiger partial charge in [0.05, 0.1) is 24.4 Å². The standard InChI is InChI=1S/C32H30N4O5/c37-29(38)17-26(31(39)36-16-8-15-28(36)30-33-18-27(34-30)20-9-2-1-3-10-20)35-32(40)41-19-25-23-13-6-4-11-21(23)22-12-5-7-14-24(22)25/h1-7,9-14,18,25-26,28H,8,15-17,19H2,(H,33,34)(H,35,40)(H,37,38)/t26-,28-/m0/s1. The van der Waals surface area contributed by atoms with Gasteiger partial charge in [-0.25, -0.2) is 9.78 Å². The molecular weight excluding hydrogens is 520 g/mol. The zero-order chi connectivity index (χ0) is 28.3. The van der Waals surface area contributed by atoms with E-state index in [1.165, 1.54) is 0 Å². The Bertz CT molecular complexity index is 1540. The summed E-state index contributed by atoms with van der Waals surface area (Å²) in [6, 6.07) is 24.1. The molecule has 9 nitrogen and oxygen atoms in total. The van der Waals surface area contributed by atoms with Crippen molar-refractivity contribution in [3.63, 3.8) is 0 Å². The molecule has 0 spiro atoms. The number of carboxylic acid groups (broad SMARTS) is 1. The molecule has 2 heterocycles. The molecule has 1 saturated heterocycles. The van der Waals surface area contributed by atoms with Gasteiger partial charge in [0.15, 0.2) is 0 Å². The van der Waals surface area contributed by atoms with Crippen LogP contribution < -0.4 is 5.32 Å². The number of alkyl carbamates (subject to hydrolysis) is 1. The highest BCUT2D eigenvalue weighted by Gasteiger charge is 2.37. The van der Waals surface area contributed by atoms with Crippen molar-refractivity contribution in [1.29, 1.82) is 0 Å². The van der Waals surface area contributed by atoms with Gasteiger partial charge in [0.1, 0.15) is 18.5 Å². The number of aliphatic carboxylic acids is 1. The number of amides is 2. The molecule has 41 heavy (non-hydrogen) atoms. The monoisotopic (exact) mass is 550 g/mol. The van der Waals surface area contributed by atoms with E-state index in [1.54, 1.807) is 11.1 Å². The lowest BCUT2D eigenvalue weighted by atomic mass is 9.98. The molecule has 1 fully saturated rings. The number of aromatic nitrogens is 2. The predicted molar refractivity (Wildman–Crippen MR) is 152 cm³/mol. The molecule has 2 amide bonds. The minimum Gasteiger partial charge on any atom is -0.481 e. The Hall–Kier alpha value is -4.92. The van der Waals surface area contributed by atoms with Gasteiger partial charge in [-0.2, -0.15) is 0 Å². The lowest BCUT2D eigenvalue weighted by Gasteiger charge is -2.27. The summed E-state index contributed by atoms with van der Waals surface area (Å²) in [5.41, 5.74) is 6.14. The van der Waals surface area contributed by atoms with Crippen LogP contribution in [0.5, 0.6) is 0 Å². The van der Waals surface area contributed by atoms with Crippen LogP contribution in [-0.4, -0.2) is 57.1 Å². The second-order valence-corrected chi connectivity index (χ2v) is 10.4. The number of nitrogens with one attached hydrogen (secondary N) is 2. The lowest BCUT2D eigenvalue weighted by Crippen LogP contribution is -2.49. The van der Waals surface area contributed by atoms with Gasteiger partial charge < -0.3 is 25.0 Å². The molecule has 0 radical (unpaired) electrons. The molecule has 2 atom stereocenters. The highest BCUT2D eigenvalue weighted by atomic mass is 16.5. The van der Waals surface area contributed by atoms with Crippen LogP contribution in [-0.2, 0) is 14.3 Å². The number of H-pyrrole nitrogens is 1. The summed E-state index contributed by atoms with van der Waals surface area (Å²) in [4.78, 5) is 47.7. The van der Waals surface area contributed by atoms with Crippen molar-refractivity contribution in [3.8, 4) is 22.4 Å². The number of carboxylic acids is 1. The third-order valence-electron chi connectivity index (χ3n) is 7.84. The van der Waals surface area contributed by atoms with E-state index < -0.39 is 30.4 Å². The summed E-state index contributed by atoms with van der Waals surface area (Å²) in [6.45, 7) is 0.502. The molecular formula is C32H30N4O5. The molecule has 0 bridgehead atoms. The summed E-state index contributed by atoms with van der Waals surface area (Å²) >= 11 is 0. The molecule has 208 valence electrons. The Morgan fingerprint density at radius 2 is 1.63 bits per heavy atom. The fraction of sp³-hybridized carbons (Fsp3) is 0.250. The number of carbonyl (C=O) groups excluding carboxylic acids is 2. The Kier molecular flexibility index (Phi) is 7.24. The maximum atomic E-state index is 13.6. The average molecular weight is 551 g/mol. The van der Waals surface area contributed by atoms with Crippen molar-refractivity contribution in [2.75, 3.05) is 13.2 Å². The first-order chi connectivity index (χ1) is 20.0. The van der Waals surface area contributed by atoms with Crippen molar-refractivity contribution in [3.05, 3.63) is 102 Å². The first-order valence-electron chi connectivity index (χ1n) is 13.7. The molecule has 0 unspecified atom stereocenters. The van der Waals surface area contributed by atoms with Crippen LogP contribution in [0.15, 0.2) is 85.1 Å². The fourth-order valence-corrected chi connectivity index (χ4v) is 5.94. The van der Waals surface area contributed by atoms with Gasteiger partial charge in [-0.05, 0) is 40.7 Å². The Labute approximate surface area is 237 Å². The molecule has 1 aliphatic heterocycles. The number of carbonyl (C=O) groups is 3. The molecule has 3 aromatic carbocycles. The average Bonchev–Trinajstić information content (AvgIpc) is 3.73. The minimum absolute atomic E-state index is 0.0643. The zero-order valence-electron chi connectivity index (χ0n) is 22.3. The van der Waals surface area contributed by atoms with Gasteiger partial charge in [-0.1, -0.05) is 78.9 Å². The second-order valence-electron chi connectivity index (χ2n) is 10.4. The SMILES string of the molecule is O=C(O)C[C@H](NC(=O)OCC1c2ccccc2-c2ccccc21)C(=O)N1CCC[C@H]1c1ncc(-c2ccccc2)[nH]1. The number of nitrogens with zero attached hydrogens (tertiary/aromatic N) is 2. The first kappa shape index (κ1) is 26.3. The Morgan fingerprint density at radius 1 is 0.976 bits per heavy atom.